The van der Waals surface area contributed by atoms with Crippen LogP contribution >= 0.6 is 15.9 Å². The molecule has 0 bridgehead atoms. The summed E-state index contributed by atoms with van der Waals surface area (Å²) in [5, 5.41) is 10.4. The van der Waals surface area contributed by atoms with Gasteiger partial charge in [0, 0.05) is 22.3 Å². The Morgan fingerprint density at radius 2 is 2.31 bits per heavy atom. The Hall–Kier alpha value is -1.03. The van der Waals surface area contributed by atoms with Crippen molar-refractivity contribution in [1.29, 1.82) is 5.41 Å². The van der Waals surface area contributed by atoms with Gasteiger partial charge in [0.05, 0.1) is 0 Å². The number of halogens is 1. The van der Waals surface area contributed by atoms with Gasteiger partial charge in [-0.25, -0.2) is 0 Å². The van der Waals surface area contributed by atoms with Crippen molar-refractivity contribution in [2.24, 2.45) is 5.73 Å². The number of nitrogen functional groups attached to an aromatic ring is 1. The number of nitrogens with one attached hydrogen (secondary N) is 2. The molecule has 0 atom stereocenters. The number of rotatable bonds is 3. The predicted octanol–water partition coefficient (Wildman–Crippen LogP) is 2.16. The van der Waals surface area contributed by atoms with Crippen LogP contribution < -0.4 is 11.1 Å². The number of nitrogens with two attached hydrogens (primary N) is 1. The van der Waals surface area contributed by atoms with Crippen LogP contribution in [0.4, 0.5) is 5.69 Å². The minimum absolute atomic E-state index is 0.0868. The second-order valence-electron chi connectivity index (χ2n) is 2.64. The Labute approximate surface area is 86.0 Å². The van der Waals surface area contributed by atoms with Crippen LogP contribution in [0.5, 0.6) is 0 Å². The number of hydrogen-bond acceptors (Lipinski definition) is 2. The Kier molecular flexibility index (Phi) is 3.31. The van der Waals surface area contributed by atoms with Crippen molar-refractivity contribution in [1.82, 2.24) is 0 Å². The average molecular weight is 242 g/mol. The third kappa shape index (κ3) is 2.45. The molecule has 0 saturated heterocycles. The Morgan fingerprint density at radius 3 is 2.77 bits per heavy atom. The third-order valence-electron chi connectivity index (χ3n) is 1.65. The fraction of sp³-hybridized carbons (Fsp3) is 0.222. The molecule has 1 rings (SSSR count). The molecule has 0 unspecified atom stereocenters. The molecule has 0 aliphatic heterocycles. The molecule has 70 valence electrons. The Bertz CT molecular complexity index is 323. The first-order chi connectivity index (χ1) is 6.15. The number of benzene rings is 1. The quantitative estimate of drug-likeness (QED) is 0.561. The Morgan fingerprint density at radius 1 is 1.62 bits per heavy atom. The van der Waals surface area contributed by atoms with E-state index in [0.717, 1.165) is 22.3 Å². The molecule has 0 fully saturated rings. The summed E-state index contributed by atoms with van der Waals surface area (Å²) in [5.74, 6) is 0.0868. The zero-order chi connectivity index (χ0) is 9.84. The van der Waals surface area contributed by atoms with E-state index in [9.17, 15) is 0 Å². The van der Waals surface area contributed by atoms with Crippen LogP contribution in [0.1, 0.15) is 12.5 Å². The average Bonchev–Trinajstić information content (AvgIpc) is 2.08. The van der Waals surface area contributed by atoms with Gasteiger partial charge in [-0.15, -0.1) is 0 Å². The summed E-state index contributed by atoms with van der Waals surface area (Å²) in [6.45, 7) is 2.91. The van der Waals surface area contributed by atoms with Crippen molar-refractivity contribution in [2.45, 2.75) is 6.92 Å². The van der Waals surface area contributed by atoms with Gasteiger partial charge in [-0.05, 0) is 41.1 Å². The van der Waals surface area contributed by atoms with E-state index in [1.807, 2.05) is 25.1 Å². The summed E-state index contributed by atoms with van der Waals surface area (Å²) in [6, 6.07) is 5.57. The van der Waals surface area contributed by atoms with Crippen LogP contribution in [0.15, 0.2) is 22.7 Å². The van der Waals surface area contributed by atoms with Crippen molar-refractivity contribution < 1.29 is 0 Å². The van der Waals surface area contributed by atoms with Crippen molar-refractivity contribution in [3.05, 3.63) is 28.2 Å². The Balaban J connectivity index is 2.98. The largest absolute Gasteiger partial charge is 0.384 e. The maximum absolute atomic E-state index is 7.24. The van der Waals surface area contributed by atoms with Crippen LogP contribution in [0, 0.1) is 5.41 Å². The zero-order valence-electron chi connectivity index (χ0n) is 7.39. The van der Waals surface area contributed by atoms with E-state index in [0.29, 0.717) is 0 Å². The first-order valence-electron chi connectivity index (χ1n) is 4.03. The molecule has 4 N–H and O–H groups in total. The maximum atomic E-state index is 7.24. The van der Waals surface area contributed by atoms with Crippen LogP contribution in [0.3, 0.4) is 0 Å². The van der Waals surface area contributed by atoms with E-state index >= 15 is 0 Å². The van der Waals surface area contributed by atoms with Gasteiger partial charge in [-0.2, -0.15) is 0 Å². The van der Waals surface area contributed by atoms with E-state index < -0.39 is 0 Å². The standard InChI is InChI=1S/C9H12BrN3/c1-2-13-8-4-3-6(9(11)12)5-7(8)10/h3-5,13H,2H2,1H3,(H3,11,12). The molecule has 0 spiro atoms. The highest BCUT2D eigenvalue weighted by Gasteiger charge is 2.01. The summed E-state index contributed by atoms with van der Waals surface area (Å²) in [6.07, 6.45) is 0. The first-order valence-corrected chi connectivity index (χ1v) is 4.82. The van der Waals surface area contributed by atoms with Crippen molar-refractivity contribution in [2.75, 3.05) is 11.9 Å². The summed E-state index contributed by atoms with van der Waals surface area (Å²) in [4.78, 5) is 0. The summed E-state index contributed by atoms with van der Waals surface area (Å²) < 4.78 is 0.932. The normalized spacial score (nSPS) is 9.69. The van der Waals surface area contributed by atoms with Gasteiger partial charge >= 0.3 is 0 Å². The summed E-state index contributed by atoms with van der Waals surface area (Å²) >= 11 is 3.40. The lowest BCUT2D eigenvalue weighted by molar-refractivity contribution is 1.21. The molecule has 0 amide bonds. The van der Waals surface area contributed by atoms with Gasteiger partial charge < -0.3 is 11.1 Å². The molecule has 0 saturated carbocycles. The highest BCUT2D eigenvalue weighted by atomic mass is 79.9. The highest BCUT2D eigenvalue weighted by molar-refractivity contribution is 9.10. The second-order valence-corrected chi connectivity index (χ2v) is 3.49. The van der Waals surface area contributed by atoms with E-state index in [1.165, 1.54) is 0 Å². The van der Waals surface area contributed by atoms with Crippen molar-refractivity contribution in [3.8, 4) is 0 Å². The second kappa shape index (κ2) is 4.28. The summed E-state index contributed by atoms with van der Waals surface area (Å²) in [5.41, 5.74) is 7.10. The SMILES string of the molecule is CCNc1ccc(C(=N)N)cc1Br. The first kappa shape index (κ1) is 10.1. The van der Waals surface area contributed by atoms with Gasteiger partial charge in [0.1, 0.15) is 5.84 Å². The van der Waals surface area contributed by atoms with Crippen LogP contribution in [0.2, 0.25) is 0 Å². The van der Waals surface area contributed by atoms with E-state index in [4.69, 9.17) is 11.1 Å². The van der Waals surface area contributed by atoms with Crippen molar-refractivity contribution in [3.63, 3.8) is 0 Å². The van der Waals surface area contributed by atoms with Crippen LogP contribution in [-0.2, 0) is 0 Å². The lowest BCUT2D eigenvalue weighted by Crippen LogP contribution is -2.11. The van der Waals surface area contributed by atoms with Crippen LogP contribution in [-0.4, -0.2) is 12.4 Å². The minimum Gasteiger partial charge on any atom is -0.384 e. The van der Waals surface area contributed by atoms with E-state index in [2.05, 4.69) is 21.2 Å². The molecular formula is C9H12BrN3. The predicted molar refractivity (Wildman–Crippen MR) is 59.3 cm³/mol. The zero-order valence-corrected chi connectivity index (χ0v) is 8.98. The number of hydrogen-bond donors (Lipinski definition) is 3. The van der Waals surface area contributed by atoms with Gasteiger partial charge in [-0.1, -0.05) is 0 Å². The van der Waals surface area contributed by atoms with E-state index in [-0.39, 0.29) is 5.84 Å². The fourth-order valence-corrected chi connectivity index (χ4v) is 1.54. The van der Waals surface area contributed by atoms with Crippen LogP contribution in [0.25, 0.3) is 0 Å². The molecule has 1 aromatic rings. The summed E-state index contributed by atoms with van der Waals surface area (Å²) in [7, 11) is 0. The maximum Gasteiger partial charge on any atom is 0.122 e. The molecule has 0 aromatic heterocycles. The molecule has 13 heavy (non-hydrogen) atoms. The number of amidine groups is 1. The monoisotopic (exact) mass is 241 g/mol. The molecule has 1 aromatic carbocycles. The van der Waals surface area contributed by atoms with Gasteiger partial charge in [-0.3, -0.25) is 5.41 Å². The van der Waals surface area contributed by atoms with Gasteiger partial charge in [0.25, 0.3) is 0 Å². The van der Waals surface area contributed by atoms with Crippen molar-refractivity contribution >= 4 is 27.5 Å². The third-order valence-corrected chi connectivity index (χ3v) is 2.30. The molecule has 0 aliphatic rings. The van der Waals surface area contributed by atoms with E-state index in [1.54, 1.807) is 0 Å². The molecule has 3 nitrogen and oxygen atoms in total. The fourth-order valence-electron chi connectivity index (χ4n) is 1.02. The lowest BCUT2D eigenvalue weighted by atomic mass is 10.2. The molecule has 0 radical (unpaired) electrons. The smallest absolute Gasteiger partial charge is 0.122 e. The molecular weight excluding hydrogens is 230 g/mol. The van der Waals surface area contributed by atoms with Gasteiger partial charge in [0.2, 0.25) is 0 Å². The minimum atomic E-state index is 0.0868. The lowest BCUT2D eigenvalue weighted by Gasteiger charge is -2.07. The topological polar surface area (TPSA) is 61.9 Å². The van der Waals surface area contributed by atoms with Gasteiger partial charge in [0.15, 0.2) is 0 Å². The molecule has 4 heteroatoms. The molecule has 0 heterocycles. The number of anilines is 1. The molecule has 0 aliphatic carbocycles. The highest BCUT2D eigenvalue weighted by Crippen LogP contribution is 2.23.